The number of hydrogen-bond acceptors (Lipinski definition) is 5. The van der Waals surface area contributed by atoms with Crippen LogP contribution in [-0.4, -0.2) is 62.8 Å². The van der Waals surface area contributed by atoms with Gasteiger partial charge < -0.3 is 4.90 Å². The Morgan fingerprint density at radius 2 is 1.86 bits per heavy atom. The molecule has 3 amide bonds. The molecule has 1 spiro atoms. The Balaban J connectivity index is 1.51. The molecule has 7 heteroatoms. The number of amides is 3. The van der Waals surface area contributed by atoms with Crippen molar-refractivity contribution in [1.29, 1.82) is 0 Å². The second kappa shape index (κ2) is 8.24. The van der Waals surface area contributed by atoms with Crippen molar-refractivity contribution >= 4 is 23.3 Å². The van der Waals surface area contributed by atoms with Crippen LogP contribution in [0.5, 0.6) is 0 Å². The number of benzene rings is 1. The molecule has 2 aliphatic heterocycles. The molecule has 0 aliphatic carbocycles. The van der Waals surface area contributed by atoms with Crippen molar-refractivity contribution in [2.45, 2.75) is 51.2 Å². The summed E-state index contributed by atoms with van der Waals surface area (Å²) in [5.41, 5.74) is 0.488. The number of likely N-dealkylation sites (tertiary alicyclic amines) is 1. The minimum Gasteiger partial charge on any atom is -0.309 e. The Bertz CT molecular complexity index is 845. The zero-order valence-corrected chi connectivity index (χ0v) is 17.9. The third-order valence-electron chi connectivity index (χ3n) is 6.08. The van der Waals surface area contributed by atoms with Crippen LogP contribution in [0, 0.1) is 0 Å². The molecule has 2 saturated heterocycles. The summed E-state index contributed by atoms with van der Waals surface area (Å²) in [6.07, 6.45) is 3.95. The molecule has 0 N–H and O–H groups in total. The van der Waals surface area contributed by atoms with E-state index in [0.29, 0.717) is 19.4 Å². The number of piperidine rings is 1. The highest BCUT2D eigenvalue weighted by molar-refractivity contribution is 7.09. The minimum atomic E-state index is -0.699. The van der Waals surface area contributed by atoms with E-state index >= 15 is 0 Å². The largest absolute Gasteiger partial charge is 0.327 e. The molecule has 0 saturated carbocycles. The Morgan fingerprint density at radius 3 is 2.48 bits per heavy atom. The van der Waals surface area contributed by atoms with E-state index in [4.69, 9.17) is 0 Å². The Morgan fingerprint density at radius 1 is 1.14 bits per heavy atom. The lowest BCUT2D eigenvalue weighted by Gasteiger charge is -2.42. The normalized spacial score (nSPS) is 19.7. The summed E-state index contributed by atoms with van der Waals surface area (Å²) >= 11 is 1.66. The molecule has 6 nitrogen and oxygen atoms in total. The van der Waals surface area contributed by atoms with Crippen LogP contribution in [0.4, 0.5) is 4.79 Å². The molecular formula is C22H28N4O2S. The van der Waals surface area contributed by atoms with Gasteiger partial charge in [0.1, 0.15) is 10.5 Å². The zero-order chi connectivity index (χ0) is 20.4. The molecule has 0 atom stereocenters. The fourth-order valence-corrected chi connectivity index (χ4v) is 5.14. The van der Waals surface area contributed by atoms with Crippen LogP contribution in [0.1, 0.15) is 37.3 Å². The van der Waals surface area contributed by atoms with Crippen molar-refractivity contribution in [3.05, 3.63) is 52.5 Å². The second-order valence-corrected chi connectivity index (χ2v) is 9.15. The molecular weight excluding hydrogens is 384 g/mol. The van der Waals surface area contributed by atoms with Gasteiger partial charge in [0.25, 0.3) is 5.91 Å². The van der Waals surface area contributed by atoms with E-state index in [1.165, 1.54) is 10.5 Å². The van der Waals surface area contributed by atoms with Gasteiger partial charge in [0.15, 0.2) is 0 Å². The van der Waals surface area contributed by atoms with Crippen molar-refractivity contribution in [1.82, 2.24) is 19.7 Å². The molecule has 154 valence electrons. The van der Waals surface area contributed by atoms with Crippen molar-refractivity contribution in [2.75, 3.05) is 19.6 Å². The number of rotatable bonds is 6. The zero-order valence-electron chi connectivity index (χ0n) is 17.1. The molecule has 0 unspecified atom stereocenters. The first-order chi connectivity index (χ1) is 14.0. The fourth-order valence-electron chi connectivity index (χ4n) is 4.48. The Kier molecular flexibility index (Phi) is 5.69. The Labute approximate surface area is 176 Å². The highest BCUT2D eigenvalue weighted by Gasteiger charge is 2.58. The smallest absolute Gasteiger partial charge is 0.309 e. The summed E-state index contributed by atoms with van der Waals surface area (Å²) in [5.74, 6) is -0.0144. The summed E-state index contributed by atoms with van der Waals surface area (Å²) in [6, 6.07) is 9.92. The molecule has 1 aromatic heterocycles. The number of carbonyl (C=O) groups excluding carboxylic acids is 2. The summed E-state index contributed by atoms with van der Waals surface area (Å²) in [7, 11) is 0. The number of thiazole rings is 1. The van der Waals surface area contributed by atoms with Gasteiger partial charge in [0, 0.05) is 37.3 Å². The van der Waals surface area contributed by atoms with Gasteiger partial charge >= 0.3 is 6.03 Å². The monoisotopic (exact) mass is 412 g/mol. The maximum atomic E-state index is 13.4. The molecule has 1 aromatic carbocycles. The molecule has 0 radical (unpaired) electrons. The van der Waals surface area contributed by atoms with E-state index < -0.39 is 5.54 Å². The van der Waals surface area contributed by atoms with Gasteiger partial charge in [-0.1, -0.05) is 30.3 Å². The first-order valence-electron chi connectivity index (χ1n) is 10.3. The number of urea groups is 1. The van der Waals surface area contributed by atoms with Crippen LogP contribution in [0.2, 0.25) is 0 Å². The van der Waals surface area contributed by atoms with Crippen molar-refractivity contribution in [2.24, 2.45) is 0 Å². The predicted molar refractivity (Wildman–Crippen MR) is 114 cm³/mol. The summed E-state index contributed by atoms with van der Waals surface area (Å²) < 4.78 is 0. The van der Waals surface area contributed by atoms with E-state index in [1.54, 1.807) is 11.3 Å². The highest BCUT2D eigenvalue weighted by Crippen LogP contribution is 2.38. The van der Waals surface area contributed by atoms with E-state index in [1.807, 2.05) is 48.5 Å². The van der Waals surface area contributed by atoms with Crippen LogP contribution in [0.25, 0.3) is 0 Å². The lowest BCUT2D eigenvalue weighted by atomic mass is 9.85. The van der Waals surface area contributed by atoms with E-state index in [9.17, 15) is 9.59 Å². The lowest BCUT2D eigenvalue weighted by Crippen LogP contribution is -2.56. The third-order valence-corrected chi connectivity index (χ3v) is 6.84. The van der Waals surface area contributed by atoms with Gasteiger partial charge in [0.05, 0.1) is 6.54 Å². The number of carbonyl (C=O) groups is 2. The van der Waals surface area contributed by atoms with Gasteiger partial charge in [0.2, 0.25) is 0 Å². The first kappa shape index (κ1) is 20.0. The maximum absolute atomic E-state index is 13.4. The average molecular weight is 413 g/mol. The molecule has 2 fully saturated rings. The van der Waals surface area contributed by atoms with Crippen LogP contribution >= 0.6 is 11.3 Å². The van der Waals surface area contributed by atoms with E-state index in [2.05, 4.69) is 22.0 Å². The maximum Gasteiger partial charge on any atom is 0.327 e. The van der Waals surface area contributed by atoms with Gasteiger partial charge in [-0.05, 0) is 38.7 Å². The third kappa shape index (κ3) is 3.81. The highest BCUT2D eigenvalue weighted by atomic mass is 32.1. The van der Waals surface area contributed by atoms with Crippen LogP contribution < -0.4 is 0 Å². The minimum absolute atomic E-state index is 0.0144. The Hall–Kier alpha value is -2.25. The van der Waals surface area contributed by atoms with Gasteiger partial charge in [-0.15, -0.1) is 11.3 Å². The first-order valence-corrected chi connectivity index (χ1v) is 11.2. The van der Waals surface area contributed by atoms with Crippen LogP contribution in [0.15, 0.2) is 41.9 Å². The number of aromatic nitrogens is 1. The molecule has 29 heavy (non-hydrogen) atoms. The quantitative estimate of drug-likeness (QED) is 0.683. The summed E-state index contributed by atoms with van der Waals surface area (Å²) in [4.78, 5) is 36.7. The molecule has 3 heterocycles. The number of nitrogens with zero attached hydrogens (tertiary/aromatic N) is 4. The van der Waals surface area contributed by atoms with Gasteiger partial charge in [-0.25, -0.2) is 9.78 Å². The predicted octanol–water partition coefficient (Wildman–Crippen LogP) is 3.39. The topological polar surface area (TPSA) is 56.8 Å². The van der Waals surface area contributed by atoms with Crippen molar-refractivity contribution < 1.29 is 9.59 Å². The second-order valence-electron chi connectivity index (χ2n) is 8.17. The summed E-state index contributed by atoms with van der Waals surface area (Å²) in [5, 5.41) is 3.09. The average Bonchev–Trinajstić information content (AvgIpc) is 3.29. The number of imide groups is 1. The van der Waals surface area contributed by atoms with Gasteiger partial charge in [-0.2, -0.15) is 0 Å². The van der Waals surface area contributed by atoms with Crippen molar-refractivity contribution in [3.63, 3.8) is 0 Å². The molecule has 2 aromatic rings. The van der Waals surface area contributed by atoms with E-state index in [0.717, 1.165) is 31.1 Å². The van der Waals surface area contributed by atoms with Crippen LogP contribution in [0.3, 0.4) is 0 Å². The summed E-state index contributed by atoms with van der Waals surface area (Å²) in [6.45, 7) is 6.82. The SMILES string of the molecule is CC(C)N1C(=O)N(CCc2ccccc2)C2(CCN(Cc3nccs3)CC2)C1=O. The van der Waals surface area contributed by atoms with E-state index in [-0.39, 0.29) is 18.0 Å². The molecule has 2 aliphatic rings. The lowest BCUT2D eigenvalue weighted by molar-refractivity contribution is -0.136. The molecule has 0 bridgehead atoms. The standard InChI is InChI=1S/C22H28N4O2S/c1-17(2)26-20(27)22(9-13-24(14-10-22)16-19-23-11-15-29-19)25(21(26)28)12-8-18-6-4-3-5-7-18/h3-7,11,15,17H,8-10,12-14,16H2,1-2H3. The number of hydrogen-bond donors (Lipinski definition) is 0. The molecule has 4 rings (SSSR count). The van der Waals surface area contributed by atoms with Crippen molar-refractivity contribution in [3.8, 4) is 0 Å². The fraction of sp³-hybridized carbons (Fsp3) is 0.500. The van der Waals surface area contributed by atoms with Crippen LogP contribution in [-0.2, 0) is 17.8 Å². The van der Waals surface area contributed by atoms with Gasteiger partial charge in [-0.3, -0.25) is 14.6 Å².